The quantitative estimate of drug-likeness (QED) is 0.333. The lowest BCUT2D eigenvalue weighted by Crippen LogP contribution is -2.51. The number of nitrogens with one attached hydrogen (secondary N) is 3. The summed E-state index contributed by atoms with van der Waals surface area (Å²) >= 11 is 0. The fourth-order valence-corrected chi connectivity index (χ4v) is 5.14. The molecule has 3 atom stereocenters. The average Bonchev–Trinajstić information content (AvgIpc) is 3.14. The van der Waals surface area contributed by atoms with Crippen LogP contribution in [0, 0.1) is 16.0 Å². The molecule has 0 radical (unpaired) electrons. The van der Waals surface area contributed by atoms with Crippen molar-refractivity contribution in [3.8, 4) is 0 Å². The maximum atomic E-state index is 12.4. The number of hydrogen-bond acceptors (Lipinski definition) is 7. The molecule has 0 aromatic heterocycles. The van der Waals surface area contributed by atoms with Gasteiger partial charge in [0, 0.05) is 37.8 Å². The molecule has 1 aromatic rings. The molecule has 150 valence electrons. The number of para-hydroxylation sites is 1. The number of nitro benzene ring substituents is 1. The van der Waals surface area contributed by atoms with E-state index >= 15 is 0 Å². The summed E-state index contributed by atoms with van der Waals surface area (Å²) in [5.74, 6) is 0.470. The second-order valence-electron chi connectivity index (χ2n) is 6.91. The molecular formula is C17H26N4O5S. The molecule has 3 unspecified atom stereocenters. The Labute approximate surface area is 159 Å². The van der Waals surface area contributed by atoms with Gasteiger partial charge in [-0.05, 0) is 24.8 Å². The van der Waals surface area contributed by atoms with Gasteiger partial charge in [0.25, 0.3) is 5.69 Å². The summed E-state index contributed by atoms with van der Waals surface area (Å²) in [7, 11) is -3.93. The maximum absolute atomic E-state index is 12.4. The van der Waals surface area contributed by atoms with Crippen LogP contribution in [0.25, 0.3) is 0 Å². The van der Waals surface area contributed by atoms with Gasteiger partial charge in [-0.3, -0.25) is 10.1 Å². The molecule has 27 heavy (non-hydrogen) atoms. The number of sulfonamides is 1. The van der Waals surface area contributed by atoms with Crippen molar-refractivity contribution in [1.82, 2.24) is 15.4 Å². The number of morpholine rings is 1. The predicted molar refractivity (Wildman–Crippen MR) is 100 cm³/mol. The SMILES string of the molecule is O=[N+]([O-])c1ccccc1S(=O)(=O)NCCNC1CCCC1C1COCCN1. The first-order chi connectivity index (χ1) is 13.0. The standard InChI is InChI=1S/C17H26N4O5S/c22-21(23)16-6-1-2-7-17(16)27(24,25)20-9-8-18-14-5-3-4-13(14)15-12-26-11-10-19-15/h1-2,6-7,13-15,18-20H,3-5,8-12H2. The van der Waals surface area contributed by atoms with Crippen molar-refractivity contribution in [3.05, 3.63) is 34.4 Å². The van der Waals surface area contributed by atoms with Gasteiger partial charge >= 0.3 is 0 Å². The minimum atomic E-state index is -3.93. The number of benzene rings is 1. The molecule has 9 nitrogen and oxygen atoms in total. The molecule has 1 aliphatic carbocycles. The molecule has 10 heteroatoms. The third kappa shape index (κ3) is 5.02. The molecule has 0 amide bonds. The monoisotopic (exact) mass is 398 g/mol. The van der Waals surface area contributed by atoms with E-state index in [1.165, 1.54) is 24.3 Å². The normalized spacial score (nSPS) is 26.1. The molecule has 1 saturated heterocycles. The summed E-state index contributed by atoms with van der Waals surface area (Å²) in [6.07, 6.45) is 3.32. The number of nitrogens with zero attached hydrogens (tertiary/aromatic N) is 1. The Bertz CT molecular complexity index is 751. The highest BCUT2D eigenvalue weighted by Crippen LogP contribution is 2.29. The van der Waals surface area contributed by atoms with E-state index < -0.39 is 20.6 Å². The van der Waals surface area contributed by atoms with E-state index in [2.05, 4.69) is 15.4 Å². The molecule has 3 N–H and O–H groups in total. The van der Waals surface area contributed by atoms with Crippen molar-refractivity contribution < 1.29 is 18.1 Å². The zero-order chi connectivity index (χ0) is 19.3. The van der Waals surface area contributed by atoms with E-state index in [1.54, 1.807) is 0 Å². The van der Waals surface area contributed by atoms with Crippen LogP contribution in [0.3, 0.4) is 0 Å². The Balaban J connectivity index is 1.51. The first-order valence-corrected chi connectivity index (χ1v) is 10.7. The summed E-state index contributed by atoms with van der Waals surface area (Å²) in [6.45, 7) is 2.96. The van der Waals surface area contributed by atoms with Crippen LogP contribution >= 0.6 is 0 Å². The smallest absolute Gasteiger partial charge is 0.289 e. The lowest BCUT2D eigenvalue weighted by molar-refractivity contribution is -0.387. The van der Waals surface area contributed by atoms with Gasteiger partial charge < -0.3 is 15.4 Å². The predicted octanol–water partition coefficient (Wildman–Crippen LogP) is 0.620. The Morgan fingerprint density at radius 3 is 2.81 bits per heavy atom. The Morgan fingerprint density at radius 1 is 1.26 bits per heavy atom. The van der Waals surface area contributed by atoms with E-state index in [4.69, 9.17) is 4.74 Å². The highest BCUT2D eigenvalue weighted by molar-refractivity contribution is 7.89. The minimum absolute atomic E-state index is 0.173. The maximum Gasteiger partial charge on any atom is 0.289 e. The van der Waals surface area contributed by atoms with Gasteiger partial charge in [-0.15, -0.1) is 0 Å². The molecule has 1 aliphatic heterocycles. The number of nitro groups is 1. The Hall–Kier alpha value is -1.59. The molecule has 1 aromatic carbocycles. The first kappa shape index (κ1) is 20.2. The topological polar surface area (TPSA) is 123 Å². The van der Waals surface area contributed by atoms with Gasteiger partial charge in [0.15, 0.2) is 4.90 Å². The van der Waals surface area contributed by atoms with Crippen LogP contribution in [-0.4, -0.2) is 58.3 Å². The van der Waals surface area contributed by atoms with Crippen LogP contribution in [-0.2, 0) is 14.8 Å². The first-order valence-electron chi connectivity index (χ1n) is 9.26. The van der Waals surface area contributed by atoms with Gasteiger partial charge in [-0.1, -0.05) is 18.6 Å². The van der Waals surface area contributed by atoms with Crippen LogP contribution in [0.2, 0.25) is 0 Å². The number of hydrogen-bond donors (Lipinski definition) is 3. The largest absolute Gasteiger partial charge is 0.379 e. The van der Waals surface area contributed by atoms with Crippen molar-refractivity contribution in [2.24, 2.45) is 5.92 Å². The Morgan fingerprint density at radius 2 is 2.07 bits per heavy atom. The fourth-order valence-electron chi connectivity index (χ4n) is 3.94. The lowest BCUT2D eigenvalue weighted by atomic mass is 9.94. The summed E-state index contributed by atoms with van der Waals surface area (Å²) in [5, 5.41) is 18.0. The minimum Gasteiger partial charge on any atom is -0.379 e. The Kier molecular flexibility index (Phi) is 6.77. The van der Waals surface area contributed by atoms with Crippen molar-refractivity contribution >= 4 is 15.7 Å². The van der Waals surface area contributed by atoms with Crippen LogP contribution in [0.1, 0.15) is 19.3 Å². The highest BCUT2D eigenvalue weighted by atomic mass is 32.2. The molecule has 0 bridgehead atoms. The van der Waals surface area contributed by atoms with Crippen molar-refractivity contribution in [3.63, 3.8) is 0 Å². The average molecular weight is 398 g/mol. The van der Waals surface area contributed by atoms with E-state index in [-0.39, 0.29) is 11.4 Å². The second kappa shape index (κ2) is 9.07. The zero-order valence-corrected chi connectivity index (χ0v) is 15.9. The van der Waals surface area contributed by atoms with Crippen molar-refractivity contribution in [2.75, 3.05) is 32.8 Å². The highest BCUT2D eigenvalue weighted by Gasteiger charge is 2.34. The molecular weight excluding hydrogens is 372 g/mol. The van der Waals surface area contributed by atoms with E-state index in [9.17, 15) is 18.5 Å². The molecule has 1 saturated carbocycles. The summed E-state index contributed by atoms with van der Waals surface area (Å²) in [6, 6.07) is 6.01. The summed E-state index contributed by atoms with van der Waals surface area (Å²) in [5.41, 5.74) is -0.419. The van der Waals surface area contributed by atoms with E-state index in [0.29, 0.717) is 31.2 Å². The zero-order valence-electron chi connectivity index (χ0n) is 15.1. The second-order valence-corrected chi connectivity index (χ2v) is 8.65. The van der Waals surface area contributed by atoms with Gasteiger partial charge in [0.05, 0.1) is 18.1 Å². The third-order valence-corrected chi connectivity index (χ3v) is 6.72. The number of ether oxygens (including phenoxy) is 1. The lowest BCUT2D eigenvalue weighted by Gasteiger charge is -2.33. The van der Waals surface area contributed by atoms with Crippen molar-refractivity contribution in [1.29, 1.82) is 0 Å². The van der Waals surface area contributed by atoms with Crippen LogP contribution < -0.4 is 15.4 Å². The molecule has 2 aliphatic rings. The fraction of sp³-hybridized carbons (Fsp3) is 0.647. The van der Waals surface area contributed by atoms with Crippen LogP contribution in [0.15, 0.2) is 29.2 Å². The summed E-state index contributed by atoms with van der Waals surface area (Å²) < 4.78 is 32.8. The van der Waals surface area contributed by atoms with E-state index in [1.807, 2.05) is 0 Å². The molecule has 1 heterocycles. The van der Waals surface area contributed by atoms with Gasteiger partial charge in [-0.25, -0.2) is 13.1 Å². The van der Waals surface area contributed by atoms with Crippen LogP contribution in [0.4, 0.5) is 5.69 Å². The van der Waals surface area contributed by atoms with Gasteiger partial charge in [0.2, 0.25) is 10.0 Å². The third-order valence-electron chi connectivity index (χ3n) is 5.21. The molecule has 2 fully saturated rings. The molecule has 3 rings (SSSR count). The molecule has 0 spiro atoms. The number of rotatable bonds is 8. The van der Waals surface area contributed by atoms with Crippen LogP contribution in [0.5, 0.6) is 0 Å². The van der Waals surface area contributed by atoms with Gasteiger partial charge in [-0.2, -0.15) is 0 Å². The van der Waals surface area contributed by atoms with Crippen molar-refractivity contribution in [2.45, 2.75) is 36.2 Å². The van der Waals surface area contributed by atoms with Gasteiger partial charge in [0.1, 0.15) is 0 Å². The van der Waals surface area contributed by atoms with E-state index in [0.717, 1.165) is 32.4 Å². The summed E-state index contributed by atoms with van der Waals surface area (Å²) in [4.78, 5) is 10.1.